The first-order valence-corrected chi connectivity index (χ1v) is 10.3. The van der Waals surface area contributed by atoms with Gasteiger partial charge in [-0.1, -0.05) is 6.07 Å². The maximum Gasteiger partial charge on any atom is 0.349 e. The average Bonchev–Trinajstić information content (AvgIpc) is 2.96. The largest absolute Gasteiger partial charge is 0.462 e. The second-order valence-electron chi connectivity index (χ2n) is 7.64. The van der Waals surface area contributed by atoms with Crippen LogP contribution >= 0.6 is 11.3 Å². The second kappa shape index (κ2) is 9.25. The second-order valence-corrected chi connectivity index (χ2v) is 8.66. The maximum absolute atomic E-state index is 12.9. The molecule has 0 radical (unpaired) electrons. The molecule has 0 unspecified atom stereocenters. The number of anilines is 1. The van der Waals surface area contributed by atoms with Gasteiger partial charge < -0.3 is 14.8 Å². The van der Waals surface area contributed by atoms with Crippen LogP contribution in [0.4, 0.5) is 10.7 Å². The maximum atomic E-state index is 12.9. The first kappa shape index (κ1) is 24.0. The van der Waals surface area contributed by atoms with E-state index in [0.717, 1.165) is 11.3 Å². The van der Waals surface area contributed by atoms with Crippen molar-refractivity contribution in [1.29, 1.82) is 0 Å². The number of thiophene rings is 1. The van der Waals surface area contributed by atoms with Crippen molar-refractivity contribution in [2.45, 2.75) is 47.1 Å². The van der Waals surface area contributed by atoms with Crippen molar-refractivity contribution in [2.24, 2.45) is 0 Å². The fraction of sp³-hybridized carbons (Fsp3) is 0.381. The molecule has 31 heavy (non-hydrogen) atoms. The zero-order chi connectivity index (χ0) is 23.5. The summed E-state index contributed by atoms with van der Waals surface area (Å²) >= 11 is 0.887. The molecule has 0 fully saturated rings. The summed E-state index contributed by atoms with van der Waals surface area (Å²) in [5.74, 6) is -1.98. The van der Waals surface area contributed by atoms with Gasteiger partial charge in [0.05, 0.1) is 17.1 Å². The first-order chi connectivity index (χ1) is 14.4. The Bertz CT molecular complexity index is 1050. The number of rotatable bonds is 6. The van der Waals surface area contributed by atoms with Gasteiger partial charge in [-0.25, -0.2) is 9.59 Å². The summed E-state index contributed by atoms with van der Waals surface area (Å²) in [6, 6.07) is 4.14. The van der Waals surface area contributed by atoms with Gasteiger partial charge in [0.15, 0.2) is 0 Å². The third-order valence-corrected chi connectivity index (χ3v) is 5.37. The van der Waals surface area contributed by atoms with Gasteiger partial charge in [0.1, 0.15) is 15.5 Å². The molecule has 0 atom stereocenters. The van der Waals surface area contributed by atoms with Crippen LogP contribution in [0, 0.1) is 24.0 Å². The van der Waals surface area contributed by atoms with Crippen LogP contribution in [0.1, 0.15) is 69.2 Å². The van der Waals surface area contributed by atoms with Crippen molar-refractivity contribution < 1.29 is 28.8 Å². The van der Waals surface area contributed by atoms with E-state index in [1.807, 2.05) is 0 Å². The molecule has 1 heterocycles. The van der Waals surface area contributed by atoms with Crippen LogP contribution in [0.5, 0.6) is 0 Å². The van der Waals surface area contributed by atoms with Crippen LogP contribution in [0.3, 0.4) is 0 Å². The van der Waals surface area contributed by atoms with Crippen LogP contribution in [0.2, 0.25) is 0 Å². The number of hydrogen-bond acceptors (Lipinski definition) is 8. The van der Waals surface area contributed by atoms with Gasteiger partial charge >= 0.3 is 11.9 Å². The number of nitro groups is 1. The average molecular weight is 448 g/mol. The minimum atomic E-state index is -0.749. The molecular formula is C21H24N2O7S. The van der Waals surface area contributed by atoms with Crippen LogP contribution in [-0.2, 0) is 9.47 Å². The van der Waals surface area contributed by atoms with Crippen LogP contribution in [-0.4, -0.2) is 35.0 Å². The van der Waals surface area contributed by atoms with E-state index < -0.39 is 28.4 Å². The van der Waals surface area contributed by atoms with E-state index in [9.17, 15) is 24.5 Å². The number of nitro benzene ring substituents is 1. The third-order valence-electron chi connectivity index (χ3n) is 4.18. The molecule has 9 nitrogen and oxygen atoms in total. The molecule has 0 saturated heterocycles. The highest BCUT2D eigenvalue weighted by atomic mass is 32.1. The van der Waals surface area contributed by atoms with E-state index in [0.29, 0.717) is 5.56 Å². The van der Waals surface area contributed by atoms with Gasteiger partial charge in [-0.2, -0.15) is 0 Å². The molecule has 0 aliphatic heterocycles. The number of carbonyl (C=O) groups is 3. The Morgan fingerprint density at radius 3 is 2.32 bits per heavy atom. The van der Waals surface area contributed by atoms with E-state index in [4.69, 9.17) is 9.47 Å². The fourth-order valence-corrected chi connectivity index (χ4v) is 3.87. The molecular weight excluding hydrogens is 424 g/mol. The summed E-state index contributed by atoms with van der Waals surface area (Å²) in [6.07, 6.45) is 0. The Hall–Kier alpha value is -3.27. The standard InChI is InChI=1S/C21H24N2O7S/c1-7-29-19(25)15-12(3)16(20(26)30-21(4,5)6)31-18(15)22-17(24)13-9-8-10-14(11(13)2)23(27)28/h8-10H,7H2,1-6H3,(H,22,24). The van der Waals surface area contributed by atoms with Crippen molar-refractivity contribution in [2.75, 3.05) is 11.9 Å². The Kier molecular flexibility index (Phi) is 7.17. The lowest BCUT2D eigenvalue weighted by molar-refractivity contribution is -0.385. The Morgan fingerprint density at radius 1 is 1.13 bits per heavy atom. The van der Waals surface area contributed by atoms with E-state index in [1.165, 1.54) is 25.1 Å². The van der Waals surface area contributed by atoms with Crippen LogP contribution in [0.25, 0.3) is 0 Å². The molecule has 1 N–H and O–H groups in total. The minimum absolute atomic E-state index is 0.0455. The number of nitrogens with one attached hydrogen (secondary N) is 1. The van der Waals surface area contributed by atoms with E-state index >= 15 is 0 Å². The molecule has 166 valence electrons. The monoisotopic (exact) mass is 448 g/mol. The van der Waals surface area contributed by atoms with Gasteiger partial charge in [0.25, 0.3) is 11.6 Å². The predicted octanol–water partition coefficient (Wildman–Crippen LogP) is 4.66. The number of esters is 2. The molecule has 0 bridgehead atoms. The van der Waals surface area contributed by atoms with Crippen molar-refractivity contribution >= 4 is 39.9 Å². The summed E-state index contributed by atoms with van der Waals surface area (Å²) in [4.78, 5) is 48.7. The Balaban J connectivity index is 2.50. The SMILES string of the molecule is CCOC(=O)c1c(NC(=O)c2cccc([N+](=O)[O-])c2C)sc(C(=O)OC(C)(C)C)c1C. The van der Waals surface area contributed by atoms with Gasteiger partial charge in [-0.05, 0) is 53.2 Å². The molecule has 0 saturated carbocycles. The van der Waals surface area contributed by atoms with E-state index in [-0.39, 0.29) is 38.9 Å². The minimum Gasteiger partial charge on any atom is -0.462 e. The van der Waals surface area contributed by atoms with Crippen molar-refractivity contribution in [3.05, 3.63) is 55.4 Å². The number of carbonyl (C=O) groups excluding carboxylic acids is 3. The lowest BCUT2D eigenvalue weighted by Crippen LogP contribution is -2.23. The first-order valence-electron chi connectivity index (χ1n) is 9.46. The molecule has 1 aromatic heterocycles. The summed E-state index contributed by atoms with van der Waals surface area (Å²) < 4.78 is 10.5. The normalized spacial score (nSPS) is 11.0. The van der Waals surface area contributed by atoms with Gasteiger partial charge in [-0.15, -0.1) is 11.3 Å². The lowest BCUT2D eigenvalue weighted by Gasteiger charge is -2.19. The van der Waals surface area contributed by atoms with E-state index in [1.54, 1.807) is 34.6 Å². The summed E-state index contributed by atoms with van der Waals surface area (Å²) in [5.41, 5.74) is -0.318. The Labute approximate surface area is 183 Å². The molecule has 0 spiro atoms. The van der Waals surface area contributed by atoms with Gasteiger partial charge in [0, 0.05) is 17.2 Å². The van der Waals surface area contributed by atoms with Crippen LogP contribution in [0.15, 0.2) is 18.2 Å². The number of ether oxygens (including phenoxy) is 2. The van der Waals surface area contributed by atoms with E-state index in [2.05, 4.69) is 5.32 Å². The number of amides is 1. The Morgan fingerprint density at radius 2 is 1.77 bits per heavy atom. The molecule has 1 aromatic carbocycles. The molecule has 0 aliphatic carbocycles. The fourth-order valence-electron chi connectivity index (χ4n) is 2.81. The van der Waals surface area contributed by atoms with Crippen LogP contribution < -0.4 is 5.32 Å². The third kappa shape index (κ3) is 5.46. The highest BCUT2D eigenvalue weighted by molar-refractivity contribution is 7.18. The molecule has 2 rings (SSSR count). The quantitative estimate of drug-likeness (QED) is 0.387. The van der Waals surface area contributed by atoms with Crippen molar-refractivity contribution in [3.8, 4) is 0 Å². The van der Waals surface area contributed by atoms with Gasteiger partial charge in [0.2, 0.25) is 0 Å². The van der Waals surface area contributed by atoms with Crippen molar-refractivity contribution in [3.63, 3.8) is 0 Å². The summed E-state index contributed by atoms with van der Waals surface area (Å²) in [6.45, 7) is 9.92. The topological polar surface area (TPSA) is 125 Å². The molecule has 0 aliphatic rings. The lowest BCUT2D eigenvalue weighted by atomic mass is 10.1. The molecule has 2 aromatic rings. The smallest absolute Gasteiger partial charge is 0.349 e. The number of hydrogen-bond donors (Lipinski definition) is 1. The summed E-state index contributed by atoms with van der Waals surface area (Å²) in [5, 5.41) is 13.9. The highest BCUT2D eigenvalue weighted by Crippen LogP contribution is 2.35. The molecule has 1 amide bonds. The number of benzene rings is 1. The van der Waals surface area contributed by atoms with Gasteiger partial charge in [-0.3, -0.25) is 14.9 Å². The highest BCUT2D eigenvalue weighted by Gasteiger charge is 2.30. The number of nitrogens with zero attached hydrogens (tertiary/aromatic N) is 1. The predicted molar refractivity (Wildman–Crippen MR) is 116 cm³/mol. The van der Waals surface area contributed by atoms with Crippen molar-refractivity contribution in [1.82, 2.24) is 0 Å². The summed E-state index contributed by atoms with van der Waals surface area (Å²) in [7, 11) is 0. The zero-order valence-corrected chi connectivity index (χ0v) is 19.0. The zero-order valence-electron chi connectivity index (χ0n) is 18.2. The molecule has 10 heteroatoms.